The third kappa shape index (κ3) is 4.77. The molecule has 9 heteroatoms. The number of hydrogen-bond acceptors (Lipinski definition) is 6. The average molecular weight is 365 g/mol. The number of aryl methyl sites for hydroxylation is 1. The van der Waals surface area contributed by atoms with Crippen LogP contribution in [0.3, 0.4) is 0 Å². The van der Waals surface area contributed by atoms with Gasteiger partial charge in [-0.15, -0.1) is 0 Å². The van der Waals surface area contributed by atoms with Crippen molar-refractivity contribution in [3.63, 3.8) is 0 Å². The second-order valence-corrected chi connectivity index (χ2v) is 7.87. The second-order valence-electron chi connectivity index (χ2n) is 6.11. The van der Waals surface area contributed by atoms with Gasteiger partial charge in [-0.25, -0.2) is 18.1 Å². The van der Waals surface area contributed by atoms with Gasteiger partial charge in [0.25, 0.3) is 0 Å². The van der Waals surface area contributed by atoms with Crippen molar-refractivity contribution in [1.82, 2.24) is 24.8 Å². The normalized spacial score (nSPS) is 17.7. The Morgan fingerprint density at radius 3 is 2.80 bits per heavy atom. The number of hydrogen-bond donors (Lipinski definition) is 2. The van der Waals surface area contributed by atoms with Crippen LogP contribution in [0.25, 0.3) is 0 Å². The fourth-order valence-corrected chi connectivity index (χ4v) is 3.80. The van der Waals surface area contributed by atoms with Crippen LogP contribution in [0, 0.1) is 5.92 Å². The highest BCUT2D eigenvalue weighted by Crippen LogP contribution is 2.17. The average Bonchev–Trinajstić information content (AvgIpc) is 3.25. The topological polar surface area (TPSA) is 98.1 Å². The monoisotopic (exact) mass is 365 g/mol. The lowest BCUT2D eigenvalue weighted by Crippen LogP contribution is -2.26. The van der Waals surface area contributed by atoms with E-state index in [1.165, 1.54) is 6.33 Å². The molecule has 1 saturated heterocycles. The van der Waals surface area contributed by atoms with Crippen molar-refractivity contribution < 1.29 is 13.2 Å². The summed E-state index contributed by atoms with van der Waals surface area (Å²) in [4.78, 5) is 4.31. The van der Waals surface area contributed by atoms with Crippen LogP contribution in [0.1, 0.15) is 18.7 Å². The summed E-state index contributed by atoms with van der Waals surface area (Å²) < 4.78 is 34.5. The van der Waals surface area contributed by atoms with Gasteiger partial charge in [-0.05, 0) is 56.1 Å². The highest BCUT2D eigenvalue weighted by atomic mass is 32.2. The van der Waals surface area contributed by atoms with E-state index in [1.54, 1.807) is 36.0 Å². The Labute approximate surface area is 147 Å². The summed E-state index contributed by atoms with van der Waals surface area (Å²) >= 11 is 0. The van der Waals surface area contributed by atoms with Crippen molar-refractivity contribution in [2.24, 2.45) is 13.0 Å². The molecule has 1 aliphatic rings. The predicted molar refractivity (Wildman–Crippen MR) is 92.6 cm³/mol. The minimum Gasteiger partial charge on any atom is -0.486 e. The summed E-state index contributed by atoms with van der Waals surface area (Å²) in [7, 11) is -1.70. The SMILES string of the molecule is Cn1ncnc1COc1ccc(S(=O)(=O)NCCC2CCNC2)cc1. The number of benzene rings is 1. The second kappa shape index (κ2) is 7.94. The standard InChI is InChI=1S/C16H23N5O3S/c1-21-16(18-12-19-21)11-24-14-2-4-15(5-3-14)25(22,23)20-9-7-13-6-8-17-10-13/h2-5,12-13,17,20H,6-11H2,1H3. The predicted octanol–water partition coefficient (Wildman–Crippen LogP) is 0.672. The Balaban J connectivity index is 1.52. The van der Waals surface area contributed by atoms with Crippen LogP contribution in [0.5, 0.6) is 5.75 Å². The maximum absolute atomic E-state index is 12.3. The lowest BCUT2D eigenvalue weighted by atomic mass is 10.1. The van der Waals surface area contributed by atoms with Crippen LogP contribution in [0.15, 0.2) is 35.5 Å². The third-order valence-electron chi connectivity index (χ3n) is 4.31. The lowest BCUT2D eigenvalue weighted by molar-refractivity contribution is 0.289. The Bertz CT molecular complexity index is 782. The van der Waals surface area contributed by atoms with Crippen LogP contribution in [0.4, 0.5) is 0 Å². The molecule has 0 saturated carbocycles. The smallest absolute Gasteiger partial charge is 0.240 e. The highest BCUT2D eigenvalue weighted by Gasteiger charge is 2.17. The number of sulfonamides is 1. The van der Waals surface area contributed by atoms with E-state index in [1.807, 2.05) is 0 Å². The zero-order chi connectivity index (χ0) is 17.7. The molecule has 0 spiro atoms. The van der Waals surface area contributed by atoms with Gasteiger partial charge in [-0.2, -0.15) is 5.10 Å². The van der Waals surface area contributed by atoms with Gasteiger partial charge < -0.3 is 10.1 Å². The molecular formula is C16H23N5O3S. The summed E-state index contributed by atoms with van der Waals surface area (Å²) in [5.74, 6) is 1.83. The van der Waals surface area contributed by atoms with Gasteiger partial charge in [0.05, 0.1) is 4.90 Å². The van der Waals surface area contributed by atoms with E-state index in [2.05, 4.69) is 20.1 Å². The number of nitrogens with zero attached hydrogens (tertiary/aromatic N) is 3. The molecule has 25 heavy (non-hydrogen) atoms. The van der Waals surface area contributed by atoms with Crippen molar-refractivity contribution in [2.75, 3.05) is 19.6 Å². The molecule has 2 N–H and O–H groups in total. The van der Waals surface area contributed by atoms with E-state index in [-0.39, 0.29) is 11.5 Å². The molecule has 1 aliphatic heterocycles. The maximum Gasteiger partial charge on any atom is 0.240 e. The Kier molecular flexibility index (Phi) is 5.67. The zero-order valence-corrected chi connectivity index (χ0v) is 15.0. The van der Waals surface area contributed by atoms with Crippen LogP contribution < -0.4 is 14.8 Å². The van der Waals surface area contributed by atoms with E-state index in [0.717, 1.165) is 25.9 Å². The molecule has 1 aromatic heterocycles. The van der Waals surface area contributed by atoms with Crippen molar-refractivity contribution in [3.8, 4) is 5.75 Å². The van der Waals surface area contributed by atoms with Crippen LogP contribution in [-0.2, 0) is 23.7 Å². The summed E-state index contributed by atoms with van der Waals surface area (Å²) in [6.45, 7) is 2.72. The van der Waals surface area contributed by atoms with Gasteiger partial charge in [-0.1, -0.05) is 0 Å². The molecule has 1 fully saturated rings. The first kappa shape index (κ1) is 17.8. The molecule has 0 amide bonds. The fourth-order valence-electron chi connectivity index (χ4n) is 2.76. The molecule has 1 unspecified atom stereocenters. The van der Waals surface area contributed by atoms with Gasteiger partial charge in [-0.3, -0.25) is 4.68 Å². The number of rotatable bonds is 8. The van der Waals surface area contributed by atoms with E-state index in [9.17, 15) is 8.42 Å². The summed E-state index contributed by atoms with van der Waals surface area (Å²) in [6.07, 6.45) is 3.42. The molecular weight excluding hydrogens is 342 g/mol. The maximum atomic E-state index is 12.3. The van der Waals surface area contributed by atoms with E-state index in [0.29, 0.717) is 24.0 Å². The fraction of sp³-hybridized carbons (Fsp3) is 0.500. The van der Waals surface area contributed by atoms with Crippen molar-refractivity contribution >= 4 is 10.0 Å². The van der Waals surface area contributed by atoms with Gasteiger partial charge in [0.1, 0.15) is 18.7 Å². The van der Waals surface area contributed by atoms with E-state index >= 15 is 0 Å². The summed E-state index contributed by atoms with van der Waals surface area (Å²) in [6, 6.07) is 6.38. The minimum atomic E-state index is -3.49. The number of aromatic nitrogens is 3. The largest absolute Gasteiger partial charge is 0.486 e. The van der Waals surface area contributed by atoms with Crippen LogP contribution >= 0.6 is 0 Å². The quantitative estimate of drug-likeness (QED) is 0.714. The molecule has 1 atom stereocenters. The van der Waals surface area contributed by atoms with Crippen molar-refractivity contribution in [1.29, 1.82) is 0 Å². The lowest BCUT2D eigenvalue weighted by Gasteiger charge is -2.11. The van der Waals surface area contributed by atoms with Gasteiger partial charge in [0, 0.05) is 13.6 Å². The van der Waals surface area contributed by atoms with Gasteiger partial charge in [0.15, 0.2) is 5.82 Å². The first-order valence-electron chi connectivity index (χ1n) is 8.31. The Hall–Kier alpha value is -1.97. The summed E-state index contributed by atoms with van der Waals surface area (Å²) in [5.41, 5.74) is 0. The molecule has 1 aromatic carbocycles. The molecule has 0 bridgehead atoms. The van der Waals surface area contributed by atoms with Gasteiger partial charge in [0.2, 0.25) is 10.0 Å². The third-order valence-corrected chi connectivity index (χ3v) is 5.79. The van der Waals surface area contributed by atoms with Crippen LogP contribution in [-0.4, -0.2) is 42.8 Å². The molecule has 2 aromatic rings. The molecule has 8 nitrogen and oxygen atoms in total. The first-order chi connectivity index (χ1) is 12.0. The van der Waals surface area contributed by atoms with E-state index in [4.69, 9.17) is 4.74 Å². The molecule has 0 radical (unpaired) electrons. The zero-order valence-electron chi connectivity index (χ0n) is 14.2. The Morgan fingerprint density at radius 2 is 2.16 bits per heavy atom. The minimum absolute atomic E-state index is 0.239. The number of ether oxygens (including phenoxy) is 1. The van der Waals surface area contributed by atoms with Crippen LogP contribution in [0.2, 0.25) is 0 Å². The molecule has 136 valence electrons. The van der Waals surface area contributed by atoms with Crippen molar-refractivity contribution in [3.05, 3.63) is 36.4 Å². The molecule has 0 aliphatic carbocycles. The van der Waals surface area contributed by atoms with E-state index < -0.39 is 10.0 Å². The highest BCUT2D eigenvalue weighted by molar-refractivity contribution is 7.89. The molecule has 3 rings (SSSR count). The number of nitrogens with one attached hydrogen (secondary N) is 2. The Morgan fingerprint density at radius 1 is 1.36 bits per heavy atom. The first-order valence-corrected chi connectivity index (χ1v) is 9.79. The summed E-state index contributed by atoms with van der Waals surface area (Å²) in [5, 5.41) is 7.25. The van der Waals surface area contributed by atoms with Gasteiger partial charge >= 0.3 is 0 Å². The molecule has 2 heterocycles. The van der Waals surface area contributed by atoms with Crippen molar-refractivity contribution in [2.45, 2.75) is 24.3 Å².